The normalized spacial score (nSPS) is 35.9. The fourth-order valence-corrected chi connectivity index (χ4v) is 3.64. The Hall–Kier alpha value is -1.20. The van der Waals surface area contributed by atoms with Gasteiger partial charge in [-0.25, -0.2) is 0 Å². The summed E-state index contributed by atoms with van der Waals surface area (Å²) in [6.45, 7) is 0. The Labute approximate surface area is 131 Å². The van der Waals surface area contributed by atoms with Gasteiger partial charge in [0.2, 0.25) is 0 Å². The molecule has 1 saturated heterocycles. The van der Waals surface area contributed by atoms with E-state index in [-0.39, 0.29) is 17.9 Å². The van der Waals surface area contributed by atoms with E-state index >= 15 is 0 Å². The summed E-state index contributed by atoms with van der Waals surface area (Å²) in [7, 11) is 0. The van der Waals surface area contributed by atoms with Crippen molar-refractivity contribution in [2.45, 2.75) is 50.3 Å². The van der Waals surface area contributed by atoms with E-state index in [1.54, 1.807) is 6.08 Å². The van der Waals surface area contributed by atoms with Crippen LogP contribution < -0.4 is 0 Å². The van der Waals surface area contributed by atoms with Crippen molar-refractivity contribution in [3.8, 4) is 0 Å². The van der Waals surface area contributed by atoms with Crippen LogP contribution >= 0.6 is 0 Å². The molecular formula is C18H24O4. The maximum absolute atomic E-state index is 10.1. The number of benzene rings is 1. The maximum atomic E-state index is 10.1. The van der Waals surface area contributed by atoms with Gasteiger partial charge in [0.25, 0.3) is 0 Å². The first-order chi connectivity index (χ1) is 10.6. The minimum Gasteiger partial charge on any atom is -0.392 e. The van der Waals surface area contributed by atoms with E-state index in [2.05, 4.69) is 12.1 Å². The van der Waals surface area contributed by atoms with Crippen LogP contribution in [0.5, 0.6) is 0 Å². The summed E-state index contributed by atoms with van der Waals surface area (Å²) in [4.78, 5) is 0. The second-order valence-corrected chi connectivity index (χ2v) is 6.39. The molecule has 4 heteroatoms. The summed E-state index contributed by atoms with van der Waals surface area (Å²) in [5.74, 6) is 0.121. The molecule has 0 bridgehead atoms. The topological polar surface area (TPSA) is 69.9 Å². The number of aliphatic hydroxyl groups excluding tert-OH is 3. The second-order valence-electron chi connectivity index (χ2n) is 6.39. The van der Waals surface area contributed by atoms with E-state index in [4.69, 9.17) is 4.74 Å². The van der Waals surface area contributed by atoms with Gasteiger partial charge in [-0.05, 0) is 24.3 Å². The molecule has 0 aromatic heterocycles. The van der Waals surface area contributed by atoms with Gasteiger partial charge in [-0.15, -0.1) is 0 Å². The molecule has 2 fully saturated rings. The van der Waals surface area contributed by atoms with Crippen LogP contribution in [-0.4, -0.2) is 39.9 Å². The molecule has 3 N–H and O–H groups in total. The Morgan fingerprint density at radius 1 is 1.18 bits per heavy atom. The molecule has 1 aromatic carbocycles. The number of aliphatic hydroxyl groups is 3. The van der Waals surface area contributed by atoms with Crippen LogP contribution in [0, 0.1) is 11.8 Å². The quantitative estimate of drug-likeness (QED) is 0.723. The summed E-state index contributed by atoms with van der Waals surface area (Å²) in [5, 5.41) is 29.8. The first-order valence-electron chi connectivity index (χ1n) is 8.05. The zero-order valence-electron chi connectivity index (χ0n) is 12.6. The second kappa shape index (κ2) is 6.92. The van der Waals surface area contributed by atoms with E-state index in [0.717, 1.165) is 6.42 Å². The highest BCUT2D eigenvalue weighted by atomic mass is 16.6. The van der Waals surface area contributed by atoms with Crippen molar-refractivity contribution in [3.05, 3.63) is 48.0 Å². The summed E-state index contributed by atoms with van der Waals surface area (Å²) in [6.07, 6.45) is 4.59. The number of ether oxygens (including phenoxy) is 1. The van der Waals surface area contributed by atoms with Gasteiger partial charge in [-0.3, -0.25) is 0 Å². The first kappa shape index (κ1) is 15.7. The van der Waals surface area contributed by atoms with Crippen molar-refractivity contribution in [1.82, 2.24) is 0 Å². The van der Waals surface area contributed by atoms with Crippen molar-refractivity contribution in [2.24, 2.45) is 11.8 Å². The largest absolute Gasteiger partial charge is 0.392 e. The summed E-state index contributed by atoms with van der Waals surface area (Å²) < 4.78 is 5.40. The average Bonchev–Trinajstić information content (AvgIpc) is 2.99. The van der Waals surface area contributed by atoms with Crippen LogP contribution in [0.2, 0.25) is 0 Å². The lowest BCUT2D eigenvalue weighted by Gasteiger charge is -2.16. The minimum absolute atomic E-state index is 0.0338. The van der Waals surface area contributed by atoms with Gasteiger partial charge in [-0.2, -0.15) is 0 Å². The molecule has 0 spiro atoms. The smallest absolute Gasteiger partial charge is 0.155 e. The third-order valence-electron chi connectivity index (χ3n) is 4.82. The molecule has 0 radical (unpaired) electrons. The zero-order chi connectivity index (χ0) is 15.5. The van der Waals surface area contributed by atoms with Gasteiger partial charge < -0.3 is 20.1 Å². The molecule has 3 rings (SSSR count). The molecule has 2 aliphatic rings. The Morgan fingerprint density at radius 2 is 1.95 bits per heavy atom. The Bertz CT molecular complexity index is 501. The van der Waals surface area contributed by atoms with E-state index in [9.17, 15) is 15.3 Å². The van der Waals surface area contributed by atoms with Gasteiger partial charge >= 0.3 is 0 Å². The minimum atomic E-state index is -0.707. The molecule has 6 atom stereocenters. The van der Waals surface area contributed by atoms with Crippen molar-refractivity contribution >= 4 is 0 Å². The van der Waals surface area contributed by atoms with Crippen LogP contribution in [-0.2, 0) is 11.2 Å². The molecule has 1 aliphatic carbocycles. The van der Waals surface area contributed by atoms with Crippen LogP contribution in [0.1, 0.15) is 24.8 Å². The predicted octanol–water partition coefficient (Wildman–Crippen LogP) is 1.64. The van der Waals surface area contributed by atoms with Crippen molar-refractivity contribution in [1.29, 1.82) is 0 Å². The van der Waals surface area contributed by atoms with Gasteiger partial charge in [-0.1, -0.05) is 42.5 Å². The van der Waals surface area contributed by atoms with Crippen LogP contribution in [0.4, 0.5) is 0 Å². The third-order valence-corrected chi connectivity index (χ3v) is 4.82. The summed E-state index contributed by atoms with van der Waals surface area (Å²) >= 11 is 0. The molecule has 1 aliphatic heterocycles. The molecule has 1 unspecified atom stereocenters. The van der Waals surface area contributed by atoms with E-state index in [1.807, 2.05) is 24.3 Å². The molecule has 1 aromatic rings. The molecule has 120 valence electrons. The molecule has 1 saturated carbocycles. The monoisotopic (exact) mass is 304 g/mol. The van der Waals surface area contributed by atoms with Crippen LogP contribution in [0.3, 0.4) is 0 Å². The highest BCUT2D eigenvalue weighted by Crippen LogP contribution is 2.43. The molecule has 4 nitrogen and oxygen atoms in total. The molecule has 22 heavy (non-hydrogen) atoms. The van der Waals surface area contributed by atoms with Gasteiger partial charge in [0.1, 0.15) is 0 Å². The predicted molar refractivity (Wildman–Crippen MR) is 83.0 cm³/mol. The first-order valence-corrected chi connectivity index (χ1v) is 8.05. The molecular weight excluding hydrogens is 280 g/mol. The SMILES string of the molecule is O[C@H](C=C[C@H]1[C@H](O)CC2O[C@H](O)C[C@@H]21)CCc1ccccc1. The van der Waals surface area contributed by atoms with E-state index in [0.29, 0.717) is 19.3 Å². The molecule has 1 heterocycles. The Kier molecular flexibility index (Phi) is 4.93. The summed E-state index contributed by atoms with van der Waals surface area (Å²) in [5.41, 5.74) is 1.21. The number of fused-ring (bicyclic) bond motifs is 1. The van der Waals surface area contributed by atoms with E-state index < -0.39 is 18.5 Å². The lowest BCUT2D eigenvalue weighted by molar-refractivity contribution is -0.0949. The zero-order valence-corrected chi connectivity index (χ0v) is 12.6. The Balaban J connectivity index is 1.52. The standard InChI is InChI=1S/C18H24O4/c19-13(7-6-12-4-2-1-3-5-12)8-9-14-15-10-18(21)22-17(15)11-16(14)20/h1-5,8-9,13-21H,6-7,10-11H2/t13-,14+,15+,16+,17?,18-/m0/s1. The molecule has 0 amide bonds. The number of hydrogen-bond acceptors (Lipinski definition) is 4. The van der Waals surface area contributed by atoms with Crippen LogP contribution in [0.15, 0.2) is 42.5 Å². The highest BCUT2D eigenvalue weighted by Gasteiger charge is 2.47. The number of hydrogen-bond donors (Lipinski definition) is 3. The highest BCUT2D eigenvalue weighted by molar-refractivity contribution is 5.15. The lowest BCUT2D eigenvalue weighted by Crippen LogP contribution is -2.19. The van der Waals surface area contributed by atoms with Gasteiger partial charge in [0.15, 0.2) is 6.29 Å². The number of aryl methyl sites for hydroxylation is 1. The fourth-order valence-electron chi connectivity index (χ4n) is 3.64. The lowest BCUT2D eigenvalue weighted by atomic mass is 9.91. The number of rotatable bonds is 5. The Morgan fingerprint density at radius 3 is 2.73 bits per heavy atom. The average molecular weight is 304 g/mol. The fraction of sp³-hybridized carbons (Fsp3) is 0.556. The van der Waals surface area contributed by atoms with Crippen molar-refractivity contribution in [3.63, 3.8) is 0 Å². The third kappa shape index (κ3) is 3.58. The van der Waals surface area contributed by atoms with Crippen molar-refractivity contribution in [2.75, 3.05) is 0 Å². The maximum Gasteiger partial charge on any atom is 0.155 e. The van der Waals surface area contributed by atoms with Crippen LogP contribution in [0.25, 0.3) is 0 Å². The van der Waals surface area contributed by atoms with E-state index in [1.165, 1.54) is 5.56 Å². The van der Waals surface area contributed by atoms with Gasteiger partial charge in [0, 0.05) is 18.8 Å². The van der Waals surface area contributed by atoms with Crippen molar-refractivity contribution < 1.29 is 20.1 Å². The van der Waals surface area contributed by atoms with Gasteiger partial charge in [0.05, 0.1) is 18.3 Å². The summed E-state index contributed by atoms with van der Waals surface area (Å²) in [6, 6.07) is 10.1.